The maximum Gasteiger partial charge on any atom is 0.416 e. The Labute approximate surface area is 204 Å². The minimum atomic E-state index is -4.41. The summed E-state index contributed by atoms with van der Waals surface area (Å²) in [5, 5.41) is 6.64. The van der Waals surface area contributed by atoms with Crippen LogP contribution >= 0.6 is 0 Å². The highest BCUT2D eigenvalue weighted by molar-refractivity contribution is 5.84. The van der Waals surface area contributed by atoms with Gasteiger partial charge in [-0.3, -0.25) is 9.59 Å². The van der Waals surface area contributed by atoms with E-state index >= 15 is 0 Å². The molecule has 3 atom stereocenters. The summed E-state index contributed by atoms with van der Waals surface area (Å²) < 4.78 is 39.3. The van der Waals surface area contributed by atoms with Gasteiger partial charge in [-0.1, -0.05) is 13.8 Å². The summed E-state index contributed by atoms with van der Waals surface area (Å²) in [7, 11) is 0. The average Bonchev–Trinajstić information content (AvgIpc) is 3.16. The average molecular weight is 496 g/mol. The summed E-state index contributed by atoms with van der Waals surface area (Å²) in [6.07, 6.45) is 1.55. The molecule has 2 amide bonds. The number of pyridine rings is 1. The van der Waals surface area contributed by atoms with E-state index in [1.165, 1.54) is 6.20 Å². The van der Waals surface area contributed by atoms with Crippen LogP contribution < -0.4 is 15.5 Å². The molecule has 1 unspecified atom stereocenters. The fourth-order valence-electron chi connectivity index (χ4n) is 5.83. The molecule has 0 spiro atoms. The number of carbonyl (C=O) groups is 2. The highest BCUT2D eigenvalue weighted by Gasteiger charge is 2.49. The Morgan fingerprint density at radius 1 is 1.17 bits per heavy atom. The standard InChI is InChI=1S/C25H36F3N5O2/c1-17(2)24(8-5-20(16-24)31-19-3-4-22(34)30-10-7-19)23(35)33-13-11-32(12-14-33)21-15-18(6-9-29-21)25(26,27)28/h6,9,15,17,19-20,31H,3-5,7-8,10-14,16H2,1-2H3,(H,30,34)/t19?,20-,24+/m1/s1. The van der Waals surface area contributed by atoms with E-state index in [1.54, 1.807) is 0 Å². The van der Waals surface area contributed by atoms with Crippen molar-refractivity contribution in [3.05, 3.63) is 23.9 Å². The molecule has 4 rings (SSSR count). The largest absolute Gasteiger partial charge is 0.416 e. The molecule has 3 fully saturated rings. The molecule has 7 nitrogen and oxygen atoms in total. The van der Waals surface area contributed by atoms with Gasteiger partial charge in [-0.15, -0.1) is 0 Å². The summed E-state index contributed by atoms with van der Waals surface area (Å²) >= 11 is 0. The molecular weight excluding hydrogens is 459 g/mol. The lowest BCUT2D eigenvalue weighted by Gasteiger charge is -2.42. The number of hydrogen-bond acceptors (Lipinski definition) is 5. The Hall–Kier alpha value is -2.36. The molecule has 2 aliphatic heterocycles. The molecule has 3 aliphatic rings. The van der Waals surface area contributed by atoms with Crippen LogP contribution in [0, 0.1) is 11.3 Å². The normalized spacial score (nSPS) is 28.2. The number of hydrogen-bond donors (Lipinski definition) is 2. The lowest BCUT2D eigenvalue weighted by atomic mass is 9.74. The number of anilines is 1. The molecule has 10 heteroatoms. The van der Waals surface area contributed by atoms with Crippen molar-refractivity contribution in [1.82, 2.24) is 20.5 Å². The summed E-state index contributed by atoms with van der Waals surface area (Å²) in [4.78, 5) is 33.3. The molecule has 1 aromatic heterocycles. The van der Waals surface area contributed by atoms with E-state index < -0.39 is 17.2 Å². The van der Waals surface area contributed by atoms with Gasteiger partial charge in [0, 0.05) is 57.4 Å². The van der Waals surface area contributed by atoms with Crippen molar-refractivity contribution in [3.63, 3.8) is 0 Å². The molecule has 35 heavy (non-hydrogen) atoms. The Kier molecular flexibility index (Phi) is 7.59. The van der Waals surface area contributed by atoms with Crippen LogP contribution in [0.5, 0.6) is 0 Å². The molecule has 2 saturated heterocycles. The van der Waals surface area contributed by atoms with Crippen molar-refractivity contribution >= 4 is 17.6 Å². The van der Waals surface area contributed by atoms with E-state index in [1.807, 2.05) is 9.80 Å². The Balaban J connectivity index is 1.37. The quantitative estimate of drug-likeness (QED) is 0.656. The van der Waals surface area contributed by atoms with Gasteiger partial charge in [0.1, 0.15) is 5.82 Å². The number of nitrogens with zero attached hydrogens (tertiary/aromatic N) is 3. The highest BCUT2D eigenvalue weighted by Crippen LogP contribution is 2.46. The van der Waals surface area contributed by atoms with Gasteiger partial charge in [-0.2, -0.15) is 13.2 Å². The van der Waals surface area contributed by atoms with Crippen LogP contribution in [-0.2, 0) is 15.8 Å². The molecule has 194 valence electrons. The van der Waals surface area contributed by atoms with Crippen LogP contribution in [0.15, 0.2) is 18.3 Å². The van der Waals surface area contributed by atoms with Gasteiger partial charge in [0.05, 0.1) is 11.0 Å². The second kappa shape index (κ2) is 10.3. The topological polar surface area (TPSA) is 77.6 Å². The third-order valence-electron chi connectivity index (χ3n) is 8.05. The predicted molar refractivity (Wildman–Crippen MR) is 127 cm³/mol. The van der Waals surface area contributed by atoms with Crippen LogP contribution in [0.25, 0.3) is 0 Å². The van der Waals surface area contributed by atoms with Gasteiger partial charge < -0.3 is 20.4 Å². The van der Waals surface area contributed by atoms with Crippen LogP contribution in [0.3, 0.4) is 0 Å². The highest BCUT2D eigenvalue weighted by atomic mass is 19.4. The Bertz CT molecular complexity index is 917. The summed E-state index contributed by atoms with van der Waals surface area (Å²) in [6.45, 7) is 6.76. The molecule has 2 N–H and O–H groups in total. The lowest BCUT2D eigenvalue weighted by molar-refractivity contribution is -0.145. The van der Waals surface area contributed by atoms with Crippen molar-refractivity contribution in [1.29, 1.82) is 0 Å². The van der Waals surface area contributed by atoms with E-state index in [0.29, 0.717) is 45.0 Å². The van der Waals surface area contributed by atoms with Gasteiger partial charge in [-0.25, -0.2) is 4.98 Å². The van der Waals surface area contributed by atoms with E-state index in [9.17, 15) is 22.8 Å². The lowest BCUT2D eigenvalue weighted by Crippen LogP contribution is -2.54. The van der Waals surface area contributed by atoms with E-state index in [-0.39, 0.29) is 29.8 Å². The first-order valence-electron chi connectivity index (χ1n) is 12.7. The predicted octanol–water partition coefficient (Wildman–Crippen LogP) is 3.20. The van der Waals surface area contributed by atoms with Crippen LogP contribution in [-0.4, -0.2) is 66.5 Å². The first-order chi connectivity index (χ1) is 16.6. The summed E-state index contributed by atoms with van der Waals surface area (Å²) in [6, 6.07) is 2.58. The molecular formula is C25H36F3N5O2. The summed E-state index contributed by atoms with van der Waals surface area (Å²) in [5.74, 6) is 0.743. The number of halogens is 3. The van der Waals surface area contributed by atoms with E-state index in [4.69, 9.17) is 0 Å². The van der Waals surface area contributed by atoms with Crippen molar-refractivity contribution < 1.29 is 22.8 Å². The third kappa shape index (κ3) is 5.73. The second-order valence-corrected chi connectivity index (χ2v) is 10.5. The number of aromatic nitrogens is 1. The zero-order chi connectivity index (χ0) is 25.2. The molecule has 0 aromatic carbocycles. The van der Waals surface area contributed by atoms with E-state index in [0.717, 1.165) is 44.2 Å². The van der Waals surface area contributed by atoms with Crippen LogP contribution in [0.2, 0.25) is 0 Å². The maximum absolute atomic E-state index is 13.8. The van der Waals surface area contributed by atoms with Crippen molar-refractivity contribution in [2.75, 3.05) is 37.6 Å². The van der Waals surface area contributed by atoms with Crippen LogP contribution in [0.1, 0.15) is 57.9 Å². The zero-order valence-electron chi connectivity index (χ0n) is 20.5. The zero-order valence-corrected chi connectivity index (χ0v) is 20.5. The Morgan fingerprint density at radius 2 is 1.91 bits per heavy atom. The number of nitrogens with one attached hydrogen (secondary N) is 2. The molecule has 3 heterocycles. The molecule has 0 bridgehead atoms. The van der Waals surface area contributed by atoms with Gasteiger partial charge in [0.25, 0.3) is 0 Å². The minimum Gasteiger partial charge on any atom is -0.356 e. The van der Waals surface area contributed by atoms with E-state index in [2.05, 4.69) is 29.5 Å². The second-order valence-electron chi connectivity index (χ2n) is 10.5. The first-order valence-corrected chi connectivity index (χ1v) is 12.7. The molecule has 1 aliphatic carbocycles. The minimum absolute atomic E-state index is 0.104. The Morgan fingerprint density at radius 3 is 2.60 bits per heavy atom. The van der Waals surface area contributed by atoms with Gasteiger partial charge >= 0.3 is 6.18 Å². The number of piperazine rings is 1. The van der Waals surface area contributed by atoms with Crippen LogP contribution in [0.4, 0.5) is 19.0 Å². The van der Waals surface area contributed by atoms with Crippen molar-refractivity contribution in [3.8, 4) is 0 Å². The fourth-order valence-corrected chi connectivity index (χ4v) is 5.83. The smallest absolute Gasteiger partial charge is 0.356 e. The number of rotatable bonds is 5. The monoisotopic (exact) mass is 495 g/mol. The first kappa shape index (κ1) is 25.7. The molecule has 1 saturated carbocycles. The number of amides is 2. The molecule has 0 radical (unpaired) electrons. The maximum atomic E-state index is 13.8. The van der Waals surface area contributed by atoms with Crippen molar-refractivity contribution in [2.45, 2.75) is 70.6 Å². The summed E-state index contributed by atoms with van der Waals surface area (Å²) in [5.41, 5.74) is -1.15. The number of carbonyl (C=O) groups excluding carboxylic acids is 2. The van der Waals surface area contributed by atoms with Gasteiger partial charge in [0.2, 0.25) is 11.8 Å². The van der Waals surface area contributed by atoms with Gasteiger partial charge in [-0.05, 0) is 50.2 Å². The van der Waals surface area contributed by atoms with Crippen molar-refractivity contribution in [2.24, 2.45) is 11.3 Å². The third-order valence-corrected chi connectivity index (χ3v) is 8.05. The SMILES string of the molecule is CC(C)[C@]1(C(=O)N2CCN(c3cc(C(F)(F)F)ccn3)CC2)CC[C@@H](NC2CCNC(=O)CC2)C1. The number of alkyl halides is 3. The molecule has 1 aromatic rings. The fraction of sp³-hybridized carbons (Fsp3) is 0.720. The van der Waals surface area contributed by atoms with Gasteiger partial charge in [0.15, 0.2) is 0 Å².